The summed E-state index contributed by atoms with van der Waals surface area (Å²) in [6.45, 7) is 8.88. The maximum atomic E-state index is 13.1. The van der Waals surface area contributed by atoms with Crippen molar-refractivity contribution in [3.05, 3.63) is 29.3 Å². The predicted molar refractivity (Wildman–Crippen MR) is 103 cm³/mol. The molecule has 1 N–H and O–H groups in total. The highest BCUT2D eigenvalue weighted by Crippen LogP contribution is 2.20. The Morgan fingerprint density at radius 1 is 1.00 bits per heavy atom. The lowest BCUT2D eigenvalue weighted by molar-refractivity contribution is 0.113. The van der Waals surface area contributed by atoms with E-state index in [9.17, 15) is 9.59 Å². The van der Waals surface area contributed by atoms with E-state index < -0.39 is 6.09 Å². The Hall–Kier alpha value is -1.99. The van der Waals surface area contributed by atoms with Crippen molar-refractivity contribution in [1.29, 1.82) is 0 Å². The van der Waals surface area contributed by atoms with Crippen LogP contribution in [0.3, 0.4) is 0 Å². The van der Waals surface area contributed by atoms with E-state index >= 15 is 0 Å². The van der Waals surface area contributed by atoms with Gasteiger partial charge in [-0.15, -0.1) is 0 Å². The van der Waals surface area contributed by atoms with Crippen LogP contribution in [0.1, 0.15) is 13.8 Å². The number of benzene rings is 1. The average Bonchev–Trinajstić information content (AvgIpc) is 2.66. The van der Waals surface area contributed by atoms with E-state index in [1.165, 1.54) is 4.90 Å². The molecule has 0 atom stereocenters. The van der Waals surface area contributed by atoms with E-state index in [0.717, 1.165) is 25.3 Å². The summed E-state index contributed by atoms with van der Waals surface area (Å²) >= 11 is 5.98. The van der Waals surface area contributed by atoms with Gasteiger partial charge in [-0.05, 0) is 37.4 Å². The molecule has 0 aliphatic carbocycles. The van der Waals surface area contributed by atoms with Gasteiger partial charge in [-0.3, -0.25) is 4.90 Å². The van der Waals surface area contributed by atoms with Crippen LogP contribution < -0.4 is 4.90 Å². The summed E-state index contributed by atoms with van der Waals surface area (Å²) in [5.41, 5.74) is 0.798. The number of carbonyl (C=O) groups is 2. The molecule has 8 heteroatoms. The molecule has 0 spiro atoms. The molecule has 0 bridgehead atoms. The molecule has 144 valence electrons. The summed E-state index contributed by atoms with van der Waals surface area (Å²) in [7, 11) is 0. The third-order valence-corrected chi connectivity index (χ3v) is 4.98. The Morgan fingerprint density at radius 3 is 2.04 bits per heavy atom. The Labute approximate surface area is 159 Å². The zero-order chi connectivity index (χ0) is 19.1. The first-order chi connectivity index (χ1) is 12.5. The standard InChI is InChI=1S/C18H27ClN4O3/c1-3-20(4-2)9-14-23(16-7-5-15(19)6-8-16)17(24)21-10-12-22(13-11-21)18(25)26/h5-8H,3-4,9-14H2,1-2H3,(H,25,26). The van der Waals surface area contributed by atoms with Crippen molar-refractivity contribution in [1.82, 2.24) is 14.7 Å². The number of hydrogen-bond acceptors (Lipinski definition) is 3. The molecule has 1 saturated heterocycles. The number of urea groups is 1. The lowest BCUT2D eigenvalue weighted by Gasteiger charge is -2.37. The van der Waals surface area contributed by atoms with Gasteiger partial charge >= 0.3 is 12.1 Å². The normalized spacial score (nSPS) is 14.6. The van der Waals surface area contributed by atoms with Gasteiger partial charge in [0.05, 0.1) is 0 Å². The van der Waals surface area contributed by atoms with Gasteiger partial charge in [-0.2, -0.15) is 0 Å². The monoisotopic (exact) mass is 382 g/mol. The van der Waals surface area contributed by atoms with Crippen LogP contribution in [0.5, 0.6) is 0 Å². The molecule has 0 saturated carbocycles. The molecule has 26 heavy (non-hydrogen) atoms. The number of amides is 3. The Kier molecular flexibility index (Phi) is 7.53. The minimum Gasteiger partial charge on any atom is -0.465 e. The third kappa shape index (κ3) is 5.25. The highest BCUT2D eigenvalue weighted by atomic mass is 35.5. The number of anilines is 1. The maximum Gasteiger partial charge on any atom is 0.407 e. The predicted octanol–water partition coefficient (Wildman–Crippen LogP) is 2.90. The van der Waals surface area contributed by atoms with Crippen molar-refractivity contribution in [2.75, 3.05) is 57.3 Å². The SMILES string of the molecule is CCN(CC)CCN(C(=O)N1CCN(C(=O)O)CC1)c1ccc(Cl)cc1. The number of hydrogen-bond donors (Lipinski definition) is 1. The Bertz CT molecular complexity index is 599. The number of halogens is 1. The van der Waals surface area contributed by atoms with E-state index in [0.29, 0.717) is 37.7 Å². The molecule has 0 aromatic heterocycles. The molecule has 3 amide bonds. The van der Waals surface area contributed by atoms with Crippen molar-refractivity contribution >= 4 is 29.4 Å². The fourth-order valence-electron chi connectivity index (χ4n) is 3.00. The van der Waals surface area contributed by atoms with Crippen LogP contribution >= 0.6 is 11.6 Å². The van der Waals surface area contributed by atoms with Crippen molar-refractivity contribution in [3.8, 4) is 0 Å². The maximum absolute atomic E-state index is 13.1. The van der Waals surface area contributed by atoms with E-state index in [2.05, 4.69) is 18.7 Å². The van der Waals surface area contributed by atoms with Crippen LogP contribution in [-0.4, -0.2) is 84.3 Å². The van der Waals surface area contributed by atoms with Gasteiger partial charge in [-0.25, -0.2) is 9.59 Å². The summed E-state index contributed by atoms with van der Waals surface area (Å²) in [5.74, 6) is 0. The second-order valence-corrected chi connectivity index (χ2v) is 6.63. The van der Waals surface area contributed by atoms with Crippen molar-refractivity contribution in [2.45, 2.75) is 13.8 Å². The molecule has 1 aliphatic rings. The van der Waals surface area contributed by atoms with Crippen LogP contribution in [0.25, 0.3) is 0 Å². The van der Waals surface area contributed by atoms with Crippen LogP contribution in [0.4, 0.5) is 15.3 Å². The van der Waals surface area contributed by atoms with E-state index in [-0.39, 0.29) is 6.03 Å². The van der Waals surface area contributed by atoms with Gasteiger partial charge in [0.25, 0.3) is 0 Å². The fraction of sp³-hybridized carbons (Fsp3) is 0.556. The quantitative estimate of drug-likeness (QED) is 0.821. The summed E-state index contributed by atoms with van der Waals surface area (Å²) in [6.07, 6.45) is -0.937. The number of piperazine rings is 1. The molecule has 0 unspecified atom stereocenters. The molecule has 2 rings (SSSR count). The van der Waals surface area contributed by atoms with Crippen LogP contribution in [0, 0.1) is 0 Å². The minimum absolute atomic E-state index is 0.0930. The minimum atomic E-state index is -0.937. The van der Waals surface area contributed by atoms with Crippen LogP contribution in [0.2, 0.25) is 5.02 Å². The highest BCUT2D eigenvalue weighted by Gasteiger charge is 2.28. The van der Waals surface area contributed by atoms with Gasteiger partial charge < -0.3 is 19.8 Å². The first kappa shape index (κ1) is 20.3. The first-order valence-electron chi connectivity index (χ1n) is 8.98. The topological polar surface area (TPSA) is 67.3 Å². The Balaban J connectivity index is 2.10. The smallest absolute Gasteiger partial charge is 0.407 e. The van der Waals surface area contributed by atoms with Crippen molar-refractivity contribution < 1.29 is 14.7 Å². The molecular weight excluding hydrogens is 356 g/mol. The third-order valence-electron chi connectivity index (χ3n) is 4.72. The largest absolute Gasteiger partial charge is 0.465 e. The molecule has 1 heterocycles. The average molecular weight is 383 g/mol. The molecule has 1 fully saturated rings. The van der Waals surface area contributed by atoms with Gasteiger partial charge in [0.15, 0.2) is 0 Å². The number of carbonyl (C=O) groups excluding carboxylic acids is 1. The molecule has 7 nitrogen and oxygen atoms in total. The van der Waals surface area contributed by atoms with Crippen LogP contribution in [0.15, 0.2) is 24.3 Å². The molecular formula is C18H27ClN4O3. The second-order valence-electron chi connectivity index (χ2n) is 6.19. The molecule has 1 aliphatic heterocycles. The van der Waals surface area contributed by atoms with E-state index in [1.807, 2.05) is 12.1 Å². The number of rotatable bonds is 6. The number of carboxylic acid groups (broad SMARTS) is 1. The van der Waals surface area contributed by atoms with Gasteiger partial charge in [-0.1, -0.05) is 25.4 Å². The Morgan fingerprint density at radius 2 is 1.54 bits per heavy atom. The van der Waals surface area contributed by atoms with E-state index in [1.54, 1.807) is 21.9 Å². The van der Waals surface area contributed by atoms with E-state index in [4.69, 9.17) is 16.7 Å². The van der Waals surface area contributed by atoms with Gasteiger partial charge in [0, 0.05) is 50.0 Å². The van der Waals surface area contributed by atoms with Crippen molar-refractivity contribution in [2.24, 2.45) is 0 Å². The summed E-state index contributed by atoms with van der Waals surface area (Å²) in [6, 6.07) is 7.14. The summed E-state index contributed by atoms with van der Waals surface area (Å²) < 4.78 is 0. The van der Waals surface area contributed by atoms with Gasteiger partial charge in [0.2, 0.25) is 0 Å². The summed E-state index contributed by atoms with van der Waals surface area (Å²) in [5, 5.41) is 9.69. The number of likely N-dealkylation sites (N-methyl/N-ethyl adjacent to an activating group) is 1. The number of nitrogens with zero attached hydrogens (tertiary/aromatic N) is 4. The van der Waals surface area contributed by atoms with Crippen molar-refractivity contribution in [3.63, 3.8) is 0 Å². The van der Waals surface area contributed by atoms with Crippen LogP contribution in [-0.2, 0) is 0 Å². The fourth-order valence-corrected chi connectivity index (χ4v) is 3.12. The lowest BCUT2D eigenvalue weighted by Crippen LogP contribution is -2.54. The first-order valence-corrected chi connectivity index (χ1v) is 9.36. The highest BCUT2D eigenvalue weighted by molar-refractivity contribution is 6.30. The second kappa shape index (κ2) is 9.64. The van der Waals surface area contributed by atoms with Gasteiger partial charge in [0.1, 0.15) is 0 Å². The zero-order valence-electron chi connectivity index (χ0n) is 15.4. The molecule has 1 aromatic rings. The zero-order valence-corrected chi connectivity index (χ0v) is 16.2. The lowest BCUT2D eigenvalue weighted by atomic mass is 10.2. The molecule has 1 aromatic carbocycles. The summed E-state index contributed by atoms with van der Waals surface area (Å²) in [4.78, 5) is 31.2. The molecule has 0 radical (unpaired) electrons.